The van der Waals surface area contributed by atoms with Gasteiger partial charge in [-0.1, -0.05) is 25.2 Å². The maximum Gasteiger partial charge on any atom is 0.146 e. The Morgan fingerprint density at radius 3 is 3.06 bits per heavy atom. The Kier molecular flexibility index (Phi) is 4.26. The van der Waals surface area contributed by atoms with Crippen molar-refractivity contribution in [2.45, 2.75) is 39.3 Å². The molecule has 1 aromatic heterocycles. The molecule has 1 aliphatic rings. The molecule has 16 heavy (non-hydrogen) atoms. The van der Waals surface area contributed by atoms with Gasteiger partial charge in [0.05, 0.1) is 0 Å². The van der Waals surface area contributed by atoms with Crippen LogP contribution < -0.4 is 5.32 Å². The van der Waals surface area contributed by atoms with E-state index in [-0.39, 0.29) is 6.10 Å². The largest absolute Gasteiger partial charge is 0.371 e. The zero-order valence-electron chi connectivity index (χ0n) is 9.90. The van der Waals surface area contributed by atoms with E-state index in [9.17, 15) is 0 Å². The van der Waals surface area contributed by atoms with Crippen LogP contribution in [0.1, 0.15) is 42.8 Å². The molecule has 0 saturated carbocycles. The molecule has 0 spiro atoms. The predicted octanol–water partition coefficient (Wildman–Crippen LogP) is 2.14. The Morgan fingerprint density at radius 2 is 2.38 bits per heavy atom. The molecule has 2 heterocycles. The minimum absolute atomic E-state index is 0.205. The Morgan fingerprint density at radius 1 is 1.50 bits per heavy atom. The number of hydrogen-bond acceptors (Lipinski definition) is 5. The lowest BCUT2D eigenvalue weighted by Crippen LogP contribution is -2.18. The van der Waals surface area contributed by atoms with E-state index in [1.807, 2.05) is 0 Å². The average molecular weight is 241 g/mol. The van der Waals surface area contributed by atoms with Crippen LogP contribution in [-0.4, -0.2) is 23.3 Å². The first-order chi connectivity index (χ1) is 7.75. The van der Waals surface area contributed by atoms with Gasteiger partial charge in [0.1, 0.15) is 16.1 Å². The van der Waals surface area contributed by atoms with Crippen LogP contribution >= 0.6 is 11.3 Å². The number of nitrogens with zero attached hydrogens (tertiary/aromatic N) is 2. The van der Waals surface area contributed by atoms with Crippen molar-refractivity contribution in [1.82, 2.24) is 15.5 Å². The van der Waals surface area contributed by atoms with E-state index in [1.165, 1.54) is 0 Å². The van der Waals surface area contributed by atoms with Gasteiger partial charge in [0.15, 0.2) is 0 Å². The lowest BCUT2D eigenvalue weighted by molar-refractivity contribution is 0.111. The van der Waals surface area contributed by atoms with Gasteiger partial charge in [0.2, 0.25) is 0 Å². The van der Waals surface area contributed by atoms with Gasteiger partial charge in [-0.05, 0) is 25.3 Å². The third kappa shape index (κ3) is 3.23. The van der Waals surface area contributed by atoms with E-state index >= 15 is 0 Å². The summed E-state index contributed by atoms with van der Waals surface area (Å²) in [7, 11) is 0. The zero-order chi connectivity index (χ0) is 11.4. The minimum atomic E-state index is 0.205. The van der Waals surface area contributed by atoms with Crippen molar-refractivity contribution in [2.24, 2.45) is 5.92 Å². The highest BCUT2D eigenvalue weighted by Crippen LogP contribution is 2.30. The highest BCUT2D eigenvalue weighted by Gasteiger charge is 2.21. The molecule has 1 aliphatic heterocycles. The number of ether oxygens (including phenoxy) is 1. The highest BCUT2D eigenvalue weighted by molar-refractivity contribution is 7.11. The third-order valence-electron chi connectivity index (χ3n) is 2.52. The Balaban J connectivity index is 1.82. The fourth-order valence-corrected chi connectivity index (χ4v) is 2.60. The SMILES string of the molecule is CC(C)CNCc1nnc(C2CCCO2)s1. The van der Waals surface area contributed by atoms with Crippen molar-refractivity contribution < 1.29 is 4.74 Å². The van der Waals surface area contributed by atoms with Crippen LogP contribution in [0.2, 0.25) is 0 Å². The fraction of sp³-hybridized carbons (Fsp3) is 0.818. The Labute approximate surface area is 100 Å². The zero-order valence-corrected chi connectivity index (χ0v) is 10.7. The molecule has 1 atom stereocenters. The highest BCUT2D eigenvalue weighted by atomic mass is 32.1. The molecule has 90 valence electrons. The second kappa shape index (κ2) is 5.70. The summed E-state index contributed by atoms with van der Waals surface area (Å²) in [5, 5.41) is 13.9. The molecular formula is C11H19N3OS. The van der Waals surface area contributed by atoms with Crippen molar-refractivity contribution in [3.8, 4) is 0 Å². The standard InChI is InChI=1S/C11H19N3OS/c1-8(2)6-12-7-10-13-14-11(16-10)9-4-3-5-15-9/h8-9,12H,3-7H2,1-2H3. The van der Waals surface area contributed by atoms with E-state index in [2.05, 4.69) is 29.4 Å². The molecule has 1 unspecified atom stereocenters. The first kappa shape index (κ1) is 12.0. The number of nitrogens with one attached hydrogen (secondary N) is 1. The summed E-state index contributed by atoms with van der Waals surface area (Å²) < 4.78 is 5.58. The summed E-state index contributed by atoms with van der Waals surface area (Å²) in [5.74, 6) is 0.672. The van der Waals surface area contributed by atoms with E-state index in [0.29, 0.717) is 5.92 Å². The lowest BCUT2D eigenvalue weighted by Gasteiger charge is -2.04. The van der Waals surface area contributed by atoms with Gasteiger partial charge in [-0.25, -0.2) is 0 Å². The molecule has 0 bridgehead atoms. The van der Waals surface area contributed by atoms with Crippen LogP contribution in [0.25, 0.3) is 0 Å². The topological polar surface area (TPSA) is 47.0 Å². The maximum absolute atomic E-state index is 5.58. The van der Waals surface area contributed by atoms with Crippen LogP contribution in [0.3, 0.4) is 0 Å². The van der Waals surface area contributed by atoms with Crippen molar-refractivity contribution in [3.05, 3.63) is 10.0 Å². The van der Waals surface area contributed by atoms with Crippen LogP contribution in [0.5, 0.6) is 0 Å². The molecule has 0 aliphatic carbocycles. The normalized spacial score (nSPS) is 20.8. The summed E-state index contributed by atoms with van der Waals surface area (Å²) in [6.45, 7) is 7.11. The smallest absolute Gasteiger partial charge is 0.146 e. The van der Waals surface area contributed by atoms with Crippen LogP contribution in [0.15, 0.2) is 0 Å². The molecule has 0 radical (unpaired) electrons. The molecule has 2 rings (SSSR count). The fourth-order valence-electron chi connectivity index (χ4n) is 1.71. The summed E-state index contributed by atoms with van der Waals surface area (Å²) >= 11 is 1.67. The molecule has 1 N–H and O–H groups in total. The maximum atomic E-state index is 5.58. The van der Waals surface area contributed by atoms with Crippen molar-refractivity contribution in [2.75, 3.05) is 13.2 Å². The molecule has 5 heteroatoms. The average Bonchev–Trinajstić information content (AvgIpc) is 2.85. The molecule has 0 amide bonds. The van der Waals surface area contributed by atoms with Crippen LogP contribution in [-0.2, 0) is 11.3 Å². The number of rotatable bonds is 5. The van der Waals surface area contributed by atoms with Gasteiger partial charge in [-0.15, -0.1) is 10.2 Å². The number of hydrogen-bond donors (Lipinski definition) is 1. The summed E-state index contributed by atoms with van der Waals surface area (Å²) in [6, 6.07) is 0. The van der Waals surface area contributed by atoms with Gasteiger partial charge >= 0.3 is 0 Å². The van der Waals surface area contributed by atoms with E-state index in [1.54, 1.807) is 11.3 Å². The summed E-state index contributed by atoms with van der Waals surface area (Å²) in [4.78, 5) is 0. The summed E-state index contributed by atoms with van der Waals surface area (Å²) in [6.07, 6.45) is 2.44. The van der Waals surface area contributed by atoms with E-state index in [0.717, 1.165) is 42.6 Å². The molecule has 1 fully saturated rings. The first-order valence-corrected chi connectivity index (χ1v) is 6.72. The van der Waals surface area contributed by atoms with E-state index in [4.69, 9.17) is 4.74 Å². The lowest BCUT2D eigenvalue weighted by atomic mass is 10.2. The Hall–Kier alpha value is -0.520. The predicted molar refractivity (Wildman–Crippen MR) is 64.4 cm³/mol. The van der Waals surface area contributed by atoms with Gasteiger partial charge in [-0.2, -0.15) is 0 Å². The van der Waals surface area contributed by atoms with Gasteiger partial charge in [-0.3, -0.25) is 0 Å². The number of aromatic nitrogens is 2. The quantitative estimate of drug-likeness (QED) is 0.858. The summed E-state index contributed by atoms with van der Waals surface area (Å²) in [5.41, 5.74) is 0. The minimum Gasteiger partial charge on any atom is -0.371 e. The first-order valence-electron chi connectivity index (χ1n) is 5.90. The van der Waals surface area contributed by atoms with Crippen molar-refractivity contribution in [3.63, 3.8) is 0 Å². The van der Waals surface area contributed by atoms with Crippen LogP contribution in [0.4, 0.5) is 0 Å². The van der Waals surface area contributed by atoms with Crippen molar-refractivity contribution in [1.29, 1.82) is 0 Å². The molecular weight excluding hydrogens is 222 g/mol. The monoisotopic (exact) mass is 241 g/mol. The molecule has 1 aromatic rings. The third-order valence-corrected chi connectivity index (χ3v) is 3.53. The van der Waals surface area contributed by atoms with Gasteiger partial charge < -0.3 is 10.1 Å². The van der Waals surface area contributed by atoms with Gasteiger partial charge in [0.25, 0.3) is 0 Å². The van der Waals surface area contributed by atoms with E-state index < -0.39 is 0 Å². The molecule has 0 aromatic carbocycles. The van der Waals surface area contributed by atoms with Crippen molar-refractivity contribution >= 4 is 11.3 Å². The molecule has 4 nitrogen and oxygen atoms in total. The van der Waals surface area contributed by atoms with Crippen LogP contribution in [0, 0.1) is 5.92 Å². The molecule has 1 saturated heterocycles. The second-order valence-electron chi connectivity index (χ2n) is 4.56. The second-order valence-corrected chi connectivity index (χ2v) is 5.65. The Bertz CT molecular complexity index is 321. The van der Waals surface area contributed by atoms with Gasteiger partial charge in [0, 0.05) is 13.2 Å².